The number of nitro groups is 1. The molecule has 0 bridgehead atoms. The Labute approximate surface area is 129 Å². The van der Waals surface area contributed by atoms with Crippen LogP contribution in [0.4, 0.5) is 5.69 Å². The van der Waals surface area contributed by atoms with Crippen molar-refractivity contribution in [1.29, 1.82) is 0 Å². The Morgan fingerprint density at radius 3 is 2.86 bits per heavy atom. The summed E-state index contributed by atoms with van der Waals surface area (Å²) < 4.78 is 3.37. The highest BCUT2D eigenvalue weighted by Crippen LogP contribution is 2.17. The van der Waals surface area contributed by atoms with Crippen LogP contribution in [0, 0.1) is 10.1 Å². The molecule has 0 saturated carbocycles. The first kappa shape index (κ1) is 15.9. The number of amides is 1. The fourth-order valence-electron chi connectivity index (χ4n) is 1.85. The van der Waals surface area contributed by atoms with E-state index in [0.29, 0.717) is 24.7 Å². The van der Waals surface area contributed by atoms with Crippen molar-refractivity contribution >= 4 is 23.4 Å². The summed E-state index contributed by atoms with van der Waals surface area (Å²) in [5.41, 5.74) is 5.07. The maximum atomic E-state index is 10.8. The number of aromatic nitrogens is 5. The molecule has 2 N–H and O–H groups in total. The van der Waals surface area contributed by atoms with Gasteiger partial charge in [0.2, 0.25) is 5.91 Å². The van der Waals surface area contributed by atoms with E-state index in [9.17, 15) is 14.9 Å². The average Bonchev–Trinajstić information content (AvgIpc) is 3.09. The van der Waals surface area contributed by atoms with Crippen LogP contribution in [0.3, 0.4) is 0 Å². The molecule has 118 valence electrons. The number of carbonyl (C=O) groups excluding carboxylic acids is 1. The van der Waals surface area contributed by atoms with E-state index in [2.05, 4.69) is 15.3 Å². The number of hydrogen-bond acceptors (Lipinski definition) is 7. The second-order valence-electron chi connectivity index (χ2n) is 4.37. The smallest absolute Gasteiger partial charge is 0.306 e. The molecule has 10 nitrogen and oxygen atoms in total. The summed E-state index contributed by atoms with van der Waals surface area (Å²) in [4.78, 5) is 20.9. The number of primary amides is 1. The van der Waals surface area contributed by atoms with E-state index in [4.69, 9.17) is 5.73 Å². The first-order chi connectivity index (χ1) is 10.5. The fourth-order valence-corrected chi connectivity index (χ4v) is 2.61. The average molecular weight is 325 g/mol. The Balaban J connectivity index is 2.02. The minimum atomic E-state index is -0.489. The largest absolute Gasteiger partial charge is 0.369 e. The van der Waals surface area contributed by atoms with Crippen LogP contribution in [0.5, 0.6) is 0 Å². The van der Waals surface area contributed by atoms with Gasteiger partial charge in [0.05, 0.1) is 10.7 Å². The first-order valence-corrected chi connectivity index (χ1v) is 7.49. The second-order valence-corrected chi connectivity index (χ2v) is 5.31. The number of hydrogen-bond donors (Lipinski definition) is 1. The van der Waals surface area contributed by atoms with Gasteiger partial charge in [0.15, 0.2) is 5.16 Å². The predicted octanol–water partition coefficient (Wildman–Crippen LogP) is 0.223. The molecule has 11 heteroatoms. The standard InChI is InChI=1S/C11H15N7O3S/c1-2-17-10(14-15-11(17)22-7-9(12)19)3-4-16-6-8(5-13-16)18(20)21/h5-6H,2-4,7H2,1H3,(H2,12,19). The molecule has 0 aliphatic carbocycles. The van der Waals surface area contributed by atoms with Crippen molar-refractivity contribution in [2.45, 2.75) is 31.6 Å². The van der Waals surface area contributed by atoms with Crippen molar-refractivity contribution in [3.05, 3.63) is 28.3 Å². The molecule has 0 fully saturated rings. The monoisotopic (exact) mass is 325 g/mol. The summed E-state index contributed by atoms with van der Waals surface area (Å²) >= 11 is 1.23. The van der Waals surface area contributed by atoms with Gasteiger partial charge >= 0.3 is 5.69 Å². The zero-order valence-corrected chi connectivity index (χ0v) is 12.7. The summed E-state index contributed by atoms with van der Waals surface area (Å²) in [6, 6.07) is 0. The van der Waals surface area contributed by atoms with Crippen LogP contribution < -0.4 is 5.73 Å². The molecule has 0 atom stereocenters. The lowest BCUT2D eigenvalue weighted by Gasteiger charge is -2.06. The predicted molar refractivity (Wildman–Crippen MR) is 78.2 cm³/mol. The van der Waals surface area contributed by atoms with Crippen LogP contribution in [-0.2, 0) is 24.3 Å². The first-order valence-electron chi connectivity index (χ1n) is 6.51. The van der Waals surface area contributed by atoms with Crippen molar-refractivity contribution in [3.8, 4) is 0 Å². The Morgan fingerprint density at radius 1 is 1.50 bits per heavy atom. The van der Waals surface area contributed by atoms with Gasteiger partial charge in [-0.3, -0.25) is 19.6 Å². The number of aryl methyl sites for hydroxylation is 2. The fraction of sp³-hybridized carbons (Fsp3) is 0.455. The molecule has 22 heavy (non-hydrogen) atoms. The molecular weight excluding hydrogens is 310 g/mol. The third-order valence-electron chi connectivity index (χ3n) is 2.85. The maximum absolute atomic E-state index is 10.8. The zero-order valence-electron chi connectivity index (χ0n) is 11.9. The van der Waals surface area contributed by atoms with Crippen LogP contribution in [-0.4, -0.2) is 41.1 Å². The Bertz CT molecular complexity index is 681. The normalized spacial score (nSPS) is 10.8. The third kappa shape index (κ3) is 3.81. The molecule has 0 saturated heterocycles. The summed E-state index contributed by atoms with van der Waals surface area (Å²) in [5, 5.41) is 23.3. The lowest BCUT2D eigenvalue weighted by molar-refractivity contribution is -0.385. The molecular formula is C11H15N7O3S. The van der Waals surface area contributed by atoms with Crippen LogP contribution in [0.15, 0.2) is 17.6 Å². The Kier molecular flexibility index (Phi) is 5.09. The molecule has 2 aromatic heterocycles. The van der Waals surface area contributed by atoms with Gasteiger partial charge < -0.3 is 10.3 Å². The van der Waals surface area contributed by atoms with Gasteiger partial charge in [-0.15, -0.1) is 10.2 Å². The van der Waals surface area contributed by atoms with Gasteiger partial charge in [-0.05, 0) is 6.92 Å². The van der Waals surface area contributed by atoms with Crippen molar-refractivity contribution in [2.75, 3.05) is 5.75 Å². The highest BCUT2D eigenvalue weighted by molar-refractivity contribution is 7.99. The molecule has 2 rings (SSSR count). The lowest BCUT2D eigenvalue weighted by atomic mass is 10.4. The van der Waals surface area contributed by atoms with E-state index in [1.54, 1.807) is 0 Å². The summed E-state index contributed by atoms with van der Waals surface area (Å²) in [5.74, 6) is 0.456. The highest BCUT2D eigenvalue weighted by atomic mass is 32.2. The van der Waals surface area contributed by atoms with Crippen LogP contribution in [0.2, 0.25) is 0 Å². The van der Waals surface area contributed by atoms with Crippen molar-refractivity contribution in [1.82, 2.24) is 24.5 Å². The summed E-state index contributed by atoms with van der Waals surface area (Å²) in [6.07, 6.45) is 3.10. The number of rotatable bonds is 8. The molecule has 0 aliphatic rings. The zero-order chi connectivity index (χ0) is 16.1. The second kappa shape index (κ2) is 7.02. The van der Waals surface area contributed by atoms with E-state index in [1.165, 1.54) is 28.8 Å². The minimum absolute atomic E-state index is 0.0466. The summed E-state index contributed by atoms with van der Waals surface area (Å²) in [6.45, 7) is 3.05. The number of nitrogens with two attached hydrogens (primary N) is 1. The van der Waals surface area contributed by atoms with Crippen molar-refractivity contribution < 1.29 is 9.72 Å². The van der Waals surface area contributed by atoms with Gasteiger partial charge in [-0.1, -0.05) is 11.8 Å². The Morgan fingerprint density at radius 2 is 2.27 bits per heavy atom. The SMILES string of the molecule is CCn1c(CCn2cc([N+](=O)[O-])cn2)nnc1SCC(N)=O. The number of nitrogens with zero attached hydrogens (tertiary/aromatic N) is 6. The number of carbonyl (C=O) groups is 1. The van der Waals surface area contributed by atoms with Gasteiger partial charge in [0.1, 0.15) is 18.2 Å². The van der Waals surface area contributed by atoms with E-state index in [0.717, 1.165) is 5.82 Å². The third-order valence-corrected chi connectivity index (χ3v) is 3.84. The van der Waals surface area contributed by atoms with E-state index >= 15 is 0 Å². The van der Waals surface area contributed by atoms with Crippen molar-refractivity contribution in [2.24, 2.45) is 5.73 Å². The maximum Gasteiger partial charge on any atom is 0.306 e. The van der Waals surface area contributed by atoms with E-state index in [1.807, 2.05) is 11.5 Å². The molecule has 0 aromatic carbocycles. The number of thioether (sulfide) groups is 1. The summed E-state index contributed by atoms with van der Waals surface area (Å²) in [7, 11) is 0. The van der Waals surface area contributed by atoms with Crippen LogP contribution in [0.1, 0.15) is 12.7 Å². The highest BCUT2D eigenvalue weighted by Gasteiger charge is 2.13. The lowest BCUT2D eigenvalue weighted by Crippen LogP contribution is -2.14. The molecule has 2 aromatic rings. The molecule has 0 aliphatic heterocycles. The van der Waals surface area contributed by atoms with Crippen LogP contribution in [0.25, 0.3) is 0 Å². The molecule has 0 radical (unpaired) electrons. The topological polar surface area (TPSA) is 135 Å². The Hall–Kier alpha value is -2.43. The van der Waals surface area contributed by atoms with Gasteiger partial charge in [0.25, 0.3) is 0 Å². The van der Waals surface area contributed by atoms with Gasteiger partial charge in [-0.2, -0.15) is 5.10 Å². The van der Waals surface area contributed by atoms with E-state index < -0.39 is 10.8 Å². The molecule has 0 spiro atoms. The van der Waals surface area contributed by atoms with Crippen LogP contribution >= 0.6 is 11.8 Å². The molecule has 1 amide bonds. The molecule has 0 unspecified atom stereocenters. The molecule has 2 heterocycles. The van der Waals surface area contributed by atoms with Gasteiger partial charge in [0, 0.05) is 19.5 Å². The minimum Gasteiger partial charge on any atom is -0.369 e. The van der Waals surface area contributed by atoms with Gasteiger partial charge in [-0.25, -0.2) is 0 Å². The van der Waals surface area contributed by atoms with Crippen molar-refractivity contribution in [3.63, 3.8) is 0 Å². The quantitative estimate of drug-likeness (QED) is 0.416. The van der Waals surface area contributed by atoms with E-state index in [-0.39, 0.29) is 11.4 Å².